The SMILES string of the molecule is CCOC(=O)c1cc2cc(-c3ccnc(CC)c3C)ccc2n1[C@@]1(C#N)C[C@H]1C. The predicted octanol–water partition coefficient (Wildman–Crippen LogP) is 5.01. The fraction of sp³-hybridized carbons (Fsp3) is 0.375. The van der Waals surface area contributed by atoms with E-state index >= 15 is 0 Å². The molecule has 0 saturated heterocycles. The molecule has 2 aromatic heterocycles. The number of benzene rings is 1. The van der Waals surface area contributed by atoms with Crippen LogP contribution in [-0.2, 0) is 16.7 Å². The van der Waals surface area contributed by atoms with Crippen LogP contribution in [0.1, 0.15) is 48.9 Å². The van der Waals surface area contributed by atoms with Crippen LogP contribution in [0.5, 0.6) is 0 Å². The largest absolute Gasteiger partial charge is 0.461 e. The molecule has 0 bridgehead atoms. The molecule has 4 rings (SSSR count). The van der Waals surface area contributed by atoms with Crippen molar-refractivity contribution in [2.75, 3.05) is 6.61 Å². The maximum absolute atomic E-state index is 12.7. The third-order valence-corrected chi connectivity index (χ3v) is 6.11. The first-order valence-electron chi connectivity index (χ1n) is 10.2. The first-order chi connectivity index (χ1) is 14.0. The van der Waals surface area contributed by atoms with Crippen LogP contribution >= 0.6 is 0 Å². The summed E-state index contributed by atoms with van der Waals surface area (Å²) in [5, 5.41) is 10.8. The lowest BCUT2D eigenvalue weighted by Crippen LogP contribution is -2.23. The van der Waals surface area contributed by atoms with E-state index in [0.717, 1.165) is 40.6 Å². The van der Waals surface area contributed by atoms with Gasteiger partial charge in [0.25, 0.3) is 0 Å². The maximum Gasteiger partial charge on any atom is 0.355 e. The van der Waals surface area contributed by atoms with Gasteiger partial charge in [0.15, 0.2) is 0 Å². The van der Waals surface area contributed by atoms with Gasteiger partial charge in [0.1, 0.15) is 11.2 Å². The number of esters is 1. The van der Waals surface area contributed by atoms with E-state index in [0.29, 0.717) is 12.3 Å². The number of nitriles is 1. The molecule has 29 heavy (non-hydrogen) atoms. The number of carbonyl (C=O) groups is 1. The fourth-order valence-corrected chi connectivity index (χ4v) is 4.34. The van der Waals surface area contributed by atoms with Crippen molar-refractivity contribution >= 4 is 16.9 Å². The van der Waals surface area contributed by atoms with Crippen LogP contribution < -0.4 is 0 Å². The van der Waals surface area contributed by atoms with E-state index in [1.54, 1.807) is 6.92 Å². The molecule has 0 aliphatic heterocycles. The van der Waals surface area contributed by atoms with Crippen molar-refractivity contribution in [3.05, 3.63) is 53.5 Å². The van der Waals surface area contributed by atoms with Crippen LogP contribution in [0, 0.1) is 24.2 Å². The van der Waals surface area contributed by atoms with Gasteiger partial charge in [-0.2, -0.15) is 5.26 Å². The summed E-state index contributed by atoms with van der Waals surface area (Å²) in [6, 6.07) is 12.5. The Morgan fingerprint density at radius 3 is 2.72 bits per heavy atom. The van der Waals surface area contributed by atoms with Crippen LogP contribution in [0.15, 0.2) is 36.5 Å². The number of pyridine rings is 1. The monoisotopic (exact) mass is 387 g/mol. The first kappa shape index (κ1) is 19.2. The molecule has 0 amide bonds. The number of rotatable bonds is 5. The molecule has 2 atom stereocenters. The summed E-state index contributed by atoms with van der Waals surface area (Å²) >= 11 is 0. The zero-order chi connectivity index (χ0) is 20.8. The van der Waals surface area contributed by atoms with Crippen LogP contribution in [0.25, 0.3) is 22.0 Å². The summed E-state index contributed by atoms with van der Waals surface area (Å²) in [7, 11) is 0. The summed E-state index contributed by atoms with van der Waals surface area (Å²) in [5.74, 6) is -0.183. The molecule has 0 unspecified atom stereocenters. The van der Waals surface area contributed by atoms with Gasteiger partial charge in [0, 0.05) is 17.3 Å². The van der Waals surface area contributed by atoms with Crippen LogP contribution in [0.3, 0.4) is 0 Å². The normalized spacial score (nSPS) is 20.4. The number of ether oxygens (including phenoxy) is 1. The second kappa shape index (κ2) is 7.04. The highest BCUT2D eigenvalue weighted by Crippen LogP contribution is 2.52. The number of hydrogen-bond acceptors (Lipinski definition) is 4. The van der Waals surface area contributed by atoms with E-state index in [9.17, 15) is 10.1 Å². The molecule has 3 aromatic rings. The average molecular weight is 387 g/mol. The van der Waals surface area contributed by atoms with Gasteiger partial charge in [0.05, 0.1) is 18.2 Å². The highest BCUT2D eigenvalue weighted by molar-refractivity contribution is 5.97. The molecule has 1 saturated carbocycles. The van der Waals surface area contributed by atoms with Gasteiger partial charge in [-0.15, -0.1) is 0 Å². The number of hydrogen-bond donors (Lipinski definition) is 0. The maximum atomic E-state index is 12.7. The van der Waals surface area contributed by atoms with Crippen LogP contribution in [-0.4, -0.2) is 22.1 Å². The molecule has 5 heteroatoms. The number of carbonyl (C=O) groups excluding carboxylic acids is 1. The Hall–Kier alpha value is -3.13. The number of fused-ring (bicyclic) bond motifs is 1. The average Bonchev–Trinajstić information content (AvgIpc) is 3.23. The number of aryl methyl sites for hydroxylation is 1. The number of aromatic nitrogens is 2. The van der Waals surface area contributed by atoms with Gasteiger partial charge in [-0.1, -0.05) is 19.9 Å². The van der Waals surface area contributed by atoms with Crippen molar-refractivity contribution in [1.82, 2.24) is 9.55 Å². The zero-order valence-electron chi connectivity index (χ0n) is 17.3. The molecule has 1 fully saturated rings. The molecule has 1 aromatic carbocycles. The van der Waals surface area contributed by atoms with E-state index in [1.807, 2.05) is 35.9 Å². The zero-order valence-corrected chi connectivity index (χ0v) is 17.3. The van der Waals surface area contributed by atoms with Crippen LogP contribution in [0.4, 0.5) is 0 Å². The van der Waals surface area contributed by atoms with Crippen molar-refractivity contribution in [2.45, 2.75) is 46.1 Å². The van der Waals surface area contributed by atoms with Gasteiger partial charge in [-0.25, -0.2) is 4.79 Å². The summed E-state index contributed by atoms with van der Waals surface area (Å²) in [4.78, 5) is 17.1. The van der Waals surface area contributed by atoms with E-state index in [1.165, 1.54) is 5.56 Å². The second-order valence-corrected chi connectivity index (χ2v) is 7.78. The lowest BCUT2D eigenvalue weighted by Gasteiger charge is -2.16. The Morgan fingerprint density at radius 2 is 2.10 bits per heavy atom. The van der Waals surface area contributed by atoms with Crippen molar-refractivity contribution in [1.29, 1.82) is 5.26 Å². The van der Waals surface area contributed by atoms with E-state index in [-0.39, 0.29) is 11.9 Å². The highest BCUT2D eigenvalue weighted by atomic mass is 16.5. The molecule has 148 valence electrons. The molecule has 2 heterocycles. The first-order valence-corrected chi connectivity index (χ1v) is 10.2. The Kier molecular flexibility index (Phi) is 4.66. The van der Waals surface area contributed by atoms with Gasteiger partial charge in [-0.3, -0.25) is 4.98 Å². The minimum atomic E-state index is -0.673. The second-order valence-electron chi connectivity index (χ2n) is 7.78. The van der Waals surface area contributed by atoms with Gasteiger partial charge < -0.3 is 9.30 Å². The van der Waals surface area contributed by atoms with Crippen molar-refractivity contribution in [3.63, 3.8) is 0 Å². The third kappa shape index (κ3) is 2.91. The van der Waals surface area contributed by atoms with E-state index < -0.39 is 5.54 Å². The smallest absolute Gasteiger partial charge is 0.355 e. The molecular formula is C24H25N3O2. The lowest BCUT2D eigenvalue weighted by molar-refractivity contribution is 0.0512. The molecule has 0 spiro atoms. The summed E-state index contributed by atoms with van der Waals surface area (Å²) in [6.45, 7) is 8.34. The summed E-state index contributed by atoms with van der Waals surface area (Å²) < 4.78 is 7.18. The Balaban J connectivity index is 1.92. The molecule has 5 nitrogen and oxygen atoms in total. The van der Waals surface area contributed by atoms with Crippen molar-refractivity contribution < 1.29 is 9.53 Å². The van der Waals surface area contributed by atoms with E-state index in [4.69, 9.17) is 4.74 Å². The van der Waals surface area contributed by atoms with Crippen molar-refractivity contribution in [2.24, 2.45) is 5.92 Å². The lowest BCUT2D eigenvalue weighted by atomic mass is 9.98. The van der Waals surface area contributed by atoms with Crippen molar-refractivity contribution in [3.8, 4) is 17.2 Å². The third-order valence-electron chi connectivity index (χ3n) is 6.11. The fourth-order valence-electron chi connectivity index (χ4n) is 4.34. The Bertz CT molecular complexity index is 1150. The Morgan fingerprint density at radius 1 is 1.34 bits per heavy atom. The molecule has 0 N–H and O–H groups in total. The minimum Gasteiger partial charge on any atom is -0.461 e. The van der Waals surface area contributed by atoms with Gasteiger partial charge in [-0.05, 0) is 73.6 Å². The molecule has 0 radical (unpaired) electrons. The highest BCUT2D eigenvalue weighted by Gasteiger charge is 2.55. The topological polar surface area (TPSA) is 67.9 Å². The standard InChI is InChI=1S/C24H25N3O2/c1-5-20-16(4)19(9-10-26-20)17-7-8-21-18(11-17)12-22(23(28)29-6-2)27(21)24(14-25)13-15(24)3/h7-12,15H,5-6,13H2,1-4H3/t15-,24-/m1/s1. The molecule has 1 aliphatic rings. The Labute approximate surface area is 170 Å². The number of nitrogens with zero attached hydrogens (tertiary/aromatic N) is 3. The summed E-state index contributed by atoms with van der Waals surface area (Å²) in [5.41, 5.74) is 5.14. The van der Waals surface area contributed by atoms with Gasteiger partial charge in [0.2, 0.25) is 0 Å². The molecular weight excluding hydrogens is 362 g/mol. The molecule has 1 aliphatic carbocycles. The van der Waals surface area contributed by atoms with E-state index in [2.05, 4.69) is 37.0 Å². The van der Waals surface area contributed by atoms with Gasteiger partial charge >= 0.3 is 5.97 Å². The summed E-state index contributed by atoms with van der Waals surface area (Å²) in [6.07, 6.45) is 3.47. The minimum absolute atomic E-state index is 0.200. The quantitative estimate of drug-likeness (QED) is 0.577. The van der Waals surface area contributed by atoms with Crippen LogP contribution in [0.2, 0.25) is 0 Å². The predicted molar refractivity (Wildman–Crippen MR) is 113 cm³/mol.